The molecule has 1 fully saturated rings. The Hall–Kier alpha value is -2.37. The number of rotatable bonds is 3. The molecule has 0 aromatic carbocycles. The highest BCUT2D eigenvalue weighted by atomic mass is 16.4. The van der Waals surface area contributed by atoms with Crippen LogP contribution in [0.3, 0.4) is 0 Å². The molecule has 1 aliphatic rings. The molecule has 98 valence electrons. The number of nitrogens with zero attached hydrogens (tertiary/aromatic N) is 2. The van der Waals surface area contributed by atoms with E-state index in [1.54, 1.807) is 10.7 Å². The summed E-state index contributed by atoms with van der Waals surface area (Å²) in [5.74, 6) is -1.31. The zero-order valence-corrected chi connectivity index (χ0v) is 10.1. The van der Waals surface area contributed by atoms with Crippen LogP contribution in [0.2, 0.25) is 0 Å². The van der Waals surface area contributed by atoms with Crippen molar-refractivity contribution in [2.24, 2.45) is 5.92 Å². The predicted molar refractivity (Wildman–Crippen MR) is 66.8 cm³/mol. The zero-order chi connectivity index (χ0) is 13.4. The number of carbonyl (C=O) groups excluding carboxylic acids is 1. The molecule has 2 aromatic rings. The SMILES string of the molecule is O=C(NC1CC(C(=O)O)C1)c1cnn2ccccc12. The van der Waals surface area contributed by atoms with Crippen molar-refractivity contribution in [3.63, 3.8) is 0 Å². The molecule has 2 aromatic heterocycles. The lowest BCUT2D eigenvalue weighted by molar-refractivity contribution is -0.145. The standard InChI is InChI=1S/C13H13N3O3/c17-12(15-9-5-8(6-9)13(18)19)10-7-14-16-4-2-1-3-11(10)16/h1-4,7-9H,5-6H2,(H,15,17)(H,18,19). The van der Waals surface area contributed by atoms with Gasteiger partial charge in [0.05, 0.1) is 23.2 Å². The number of amides is 1. The van der Waals surface area contributed by atoms with Gasteiger partial charge in [-0.3, -0.25) is 9.59 Å². The largest absolute Gasteiger partial charge is 0.481 e. The summed E-state index contributed by atoms with van der Waals surface area (Å²) >= 11 is 0. The number of pyridine rings is 1. The van der Waals surface area contributed by atoms with Crippen molar-refractivity contribution < 1.29 is 14.7 Å². The minimum atomic E-state index is -0.790. The van der Waals surface area contributed by atoms with Crippen molar-refractivity contribution in [1.82, 2.24) is 14.9 Å². The second-order valence-corrected chi connectivity index (χ2v) is 4.77. The first-order chi connectivity index (χ1) is 9.15. The van der Waals surface area contributed by atoms with Gasteiger partial charge < -0.3 is 10.4 Å². The number of hydrogen-bond donors (Lipinski definition) is 2. The highest BCUT2D eigenvalue weighted by molar-refractivity contribution is 6.00. The normalized spacial score (nSPS) is 21.9. The van der Waals surface area contributed by atoms with E-state index in [0.717, 1.165) is 5.52 Å². The minimum Gasteiger partial charge on any atom is -0.481 e. The van der Waals surface area contributed by atoms with Gasteiger partial charge in [-0.15, -0.1) is 0 Å². The Labute approximate surface area is 109 Å². The summed E-state index contributed by atoms with van der Waals surface area (Å²) in [5.41, 5.74) is 1.26. The number of carboxylic acid groups (broad SMARTS) is 1. The van der Waals surface area contributed by atoms with Gasteiger partial charge in [0.15, 0.2) is 0 Å². The van der Waals surface area contributed by atoms with Gasteiger partial charge in [-0.25, -0.2) is 4.52 Å². The molecule has 6 nitrogen and oxygen atoms in total. The van der Waals surface area contributed by atoms with Crippen LogP contribution in [0, 0.1) is 5.92 Å². The molecule has 1 amide bonds. The third-order valence-corrected chi connectivity index (χ3v) is 3.49. The Balaban J connectivity index is 1.70. The molecular weight excluding hydrogens is 246 g/mol. The number of nitrogens with one attached hydrogen (secondary N) is 1. The Kier molecular flexibility index (Phi) is 2.70. The van der Waals surface area contributed by atoms with Crippen molar-refractivity contribution in [3.05, 3.63) is 36.2 Å². The fourth-order valence-corrected chi connectivity index (χ4v) is 2.31. The van der Waals surface area contributed by atoms with Gasteiger partial charge in [-0.2, -0.15) is 5.10 Å². The Bertz CT molecular complexity index is 643. The number of aromatic nitrogens is 2. The summed E-state index contributed by atoms with van der Waals surface area (Å²) in [4.78, 5) is 22.8. The zero-order valence-electron chi connectivity index (χ0n) is 10.1. The lowest BCUT2D eigenvalue weighted by atomic mass is 9.80. The first-order valence-corrected chi connectivity index (χ1v) is 6.11. The summed E-state index contributed by atoms with van der Waals surface area (Å²) in [6.07, 6.45) is 4.30. The second-order valence-electron chi connectivity index (χ2n) is 4.77. The fraction of sp³-hybridized carbons (Fsp3) is 0.308. The van der Waals surface area contributed by atoms with Crippen LogP contribution in [0.1, 0.15) is 23.2 Å². The second kappa shape index (κ2) is 4.38. The van der Waals surface area contributed by atoms with E-state index >= 15 is 0 Å². The Morgan fingerprint density at radius 2 is 2.16 bits per heavy atom. The molecule has 3 rings (SSSR count). The Morgan fingerprint density at radius 3 is 2.89 bits per heavy atom. The van der Waals surface area contributed by atoms with Gasteiger partial charge in [0.2, 0.25) is 0 Å². The van der Waals surface area contributed by atoms with Crippen molar-refractivity contribution in [2.45, 2.75) is 18.9 Å². The van der Waals surface area contributed by atoms with Gasteiger partial charge in [-0.05, 0) is 25.0 Å². The van der Waals surface area contributed by atoms with Crippen LogP contribution in [0.5, 0.6) is 0 Å². The smallest absolute Gasteiger partial charge is 0.306 e. The molecule has 1 aliphatic carbocycles. The highest BCUT2D eigenvalue weighted by Crippen LogP contribution is 2.27. The summed E-state index contributed by atoms with van der Waals surface area (Å²) in [7, 11) is 0. The molecule has 0 unspecified atom stereocenters. The number of aliphatic carboxylic acids is 1. The van der Waals surface area contributed by atoms with E-state index in [9.17, 15) is 9.59 Å². The molecule has 0 spiro atoms. The van der Waals surface area contributed by atoms with Gasteiger partial charge in [0, 0.05) is 12.2 Å². The molecule has 0 radical (unpaired) electrons. The summed E-state index contributed by atoms with van der Waals surface area (Å²) < 4.78 is 1.63. The third kappa shape index (κ3) is 2.05. The first kappa shape index (κ1) is 11.7. The number of fused-ring (bicyclic) bond motifs is 1. The molecule has 2 heterocycles. The van der Waals surface area contributed by atoms with Crippen molar-refractivity contribution >= 4 is 17.4 Å². The molecule has 6 heteroatoms. The maximum Gasteiger partial charge on any atom is 0.306 e. The molecule has 19 heavy (non-hydrogen) atoms. The van der Waals surface area contributed by atoms with Gasteiger partial charge >= 0.3 is 5.97 Å². The van der Waals surface area contributed by atoms with E-state index in [1.807, 2.05) is 18.2 Å². The summed E-state index contributed by atoms with van der Waals surface area (Å²) in [6, 6.07) is 5.46. The molecule has 0 aliphatic heterocycles. The molecule has 0 saturated heterocycles. The van der Waals surface area contributed by atoms with Crippen LogP contribution in [0.4, 0.5) is 0 Å². The molecule has 2 N–H and O–H groups in total. The highest BCUT2D eigenvalue weighted by Gasteiger charge is 2.35. The Morgan fingerprint density at radius 1 is 1.37 bits per heavy atom. The molecule has 1 saturated carbocycles. The van der Waals surface area contributed by atoms with Crippen molar-refractivity contribution in [3.8, 4) is 0 Å². The van der Waals surface area contributed by atoms with E-state index in [-0.39, 0.29) is 17.9 Å². The average Bonchev–Trinajstić information content (AvgIpc) is 2.76. The van der Waals surface area contributed by atoms with Gasteiger partial charge in [-0.1, -0.05) is 6.07 Å². The van der Waals surface area contributed by atoms with E-state index in [0.29, 0.717) is 18.4 Å². The summed E-state index contributed by atoms with van der Waals surface area (Å²) in [6.45, 7) is 0. The van der Waals surface area contributed by atoms with Gasteiger partial charge in [0.25, 0.3) is 5.91 Å². The van der Waals surface area contributed by atoms with E-state index in [2.05, 4.69) is 10.4 Å². The van der Waals surface area contributed by atoms with Crippen LogP contribution in [0.25, 0.3) is 5.52 Å². The quantitative estimate of drug-likeness (QED) is 0.858. The van der Waals surface area contributed by atoms with Crippen LogP contribution >= 0.6 is 0 Å². The maximum atomic E-state index is 12.1. The molecule has 0 atom stereocenters. The summed E-state index contributed by atoms with van der Waals surface area (Å²) in [5, 5.41) is 15.7. The third-order valence-electron chi connectivity index (χ3n) is 3.49. The minimum absolute atomic E-state index is 0.0488. The monoisotopic (exact) mass is 259 g/mol. The molecular formula is C13H13N3O3. The van der Waals surface area contributed by atoms with Crippen molar-refractivity contribution in [2.75, 3.05) is 0 Å². The van der Waals surface area contributed by atoms with Crippen LogP contribution in [-0.4, -0.2) is 32.6 Å². The molecule has 0 bridgehead atoms. The van der Waals surface area contributed by atoms with Crippen LogP contribution < -0.4 is 5.32 Å². The predicted octanol–water partition coefficient (Wildman–Crippen LogP) is 0.927. The topological polar surface area (TPSA) is 83.7 Å². The van der Waals surface area contributed by atoms with Crippen molar-refractivity contribution in [1.29, 1.82) is 0 Å². The number of carboxylic acids is 1. The number of hydrogen-bond acceptors (Lipinski definition) is 3. The fourth-order valence-electron chi connectivity index (χ4n) is 2.31. The van der Waals surface area contributed by atoms with E-state index in [4.69, 9.17) is 5.11 Å². The average molecular weight is 259 g/mol. The van der Waals surface area contributed by atoms with E-state index in [1.165, 1.54) is 6.20 Å². The maximum absolute atomic E-state index is 12.1. The lowest BCUT2D eigenvalue weighted by Crippen LogP contribution is -2.46. The van der Waals surface area contributed by atoms with E-state index < -0.39 is 5.97 Å². The lowest BCUT2D eigenvalue weighted by Gasteiger charge is -2.32. The number of carbonyl (C=O) groups is 2. The van der Waals surface area contributed by atoms with Crippen LogP contribution in [-0.2, 0) is 4.79 Å². The van der Waals surface area contributed by atoms with Gasteiger partial charge in [0.1, 0.15) is 0 Å². The van der Waals surface area contributed by atoms with Crippen LogP contribution in [0.15, 0.2) is 30.6 Å². The first-order valence-electron chi connectivity index (χ1n) is 6.11.